The maximum atomic E-state index is 12.7. The first-order valence-electron chi connectivity index (χ1n) is 9.64. The third-order valence-corrected chi connectivity index (χ3v) is 4.68. The molecule has 0 radical (unpaired) electrons. The monoisotopic (exact) mass is 390 g/mol. The van der Waals surface area contributed by atoms with E-state index >= 15 is 0 Å². The maximum Gasteiger partial charge on any atom is 0.246 e. The number of hydrogen-bond acceptors (Lipinski definition) is 3. The molecule has 0 saturated heterocycles. The van der Waals surface area contributed by atoms with E-state index in [2.05, 4.69) is 10.3 Å². The molecule has 0 aliphatic rings. The molecule has 0 unspecified atom stereocenters. The van der Waals surface area contributed by atoms with Gasteiger partial charge in [-0.05, 0) is 32.9 Å². The third kappa shape index (κ3) is 4.90. The van der Waals surface area contributed by atoms with Crippen molar-refractivity contribution in [2.75, 3.05) is 11.9 Å². The number of hydrogen-bond donors (Lipinski definition) is 1. The highest BCUT2D eigenvalue weighted by atomic mass is 16.2. The Hall–Kier alpha value is -3.41. The van der Waals surface area contributed by atoms with Crippen molar-refractivity contribution < 1.29 is 9.59 Å². The van der Waals surface area contributed by atoms with E-state index in [9.17, 15) is 9.59 Å². The molecule has 0 spiro atoms. The minimum atomic E-state index is -0.285. The number of rotatable bonds is 6. The largest absolute Gasteiger partial charge is 0.331 e. The molecule has 6 nitrogen and oxygen atoms in total. The molecule has 2 aromatic carbocycles. The van der Waals surface area contributed by atoms with Crippen molar-refractivity contribution in [3.8, 4) is 16.9 Å². The second-order valence-corrected chi connectivity index (χ2v) is 7.31. The van der Waals surface area contributed by atoms with Gasteiger partial charge in [-0.15, -0.1) is 0 Å². The minimum Gasteiger partial charge on any atom is -0.331 e. The van der Waals surface area contributed by atoms with Crippen LogP contribution in [-0.2, 0) is 9.59 Å². The molecule has 0 aliphatic carbocycles. The summed E-state index contributed by atoms with van der Waals surface area (Å²) in [5.41, 5.74) is 3.76. The Bertz CT molecular complexity index is 991. The zero-order chi connectivity index (χ0) is 21.0. The first-order chi connectivity index (χ1) is 13.8. The van der Waals surface area contributed by atoms with Crippen molar-refractivity contribution in [1.29, 1.82) is 0 Å². The lowest BCUT2D eigenvalue weighted by molar-refractivity contribution is -0.134. The highest BCUT2D eigenvalue weighted by molar-refractivity contribution is 5.93. The number of aromatic nitrogens is 2. The van der Waals surface area contributed by atoms with Gasteiger partial charge in [0.1, 0.15) is 6.54 Å². The first kappa shape index (κ1) is 20.3. The van der Waals surface area contributed by atoms with Crippen LogP contribution in [-0.4, -0.2) is 38.9 Å². The van der Waals surface area contributed by atoms with E-state index in [0.717, 1.165) is 22.5 Å². The molecule has 1 heterocycles. The lowest BCUT2D eigenvalue weighted by Gasteiger charge is -2.24. The van der Waals surface area contributed by atoms with E-state index in [1.165, 1.54) is 11.8 Å². The number of nitrogens with zero attached hydrogens (tertiary/aromatic N) is 3. The minimum absolute atomic E-state index is 0.0194. The van der Waals surface area contributed by atoms with Gasteiger partial charge in [0.2, 0.25) is 17.8 Å². The van der Waals surface area contributed by atoms with E-state index in [1.807, 2.05) is 86.1 Å². The molecule has 6 heteroatoms. The van der Waals surface area contributed by atoms with Crippen LogP contribution in [0.1, 0.15) is 26.3 Å². The van der Waals surface area contributed by atoms with Gasteiger partial charge < -0.3 is 4.90 Å². The second-order valence-electron chi connectivity index (χ2n) is 7.31. The normalized spacial score (nSPS) is 10.8. The van der Waals surface area contributed by atoms with Gasteiger partial charge in [0.15, 0.2) is 0 Å². The maximum absolute atomic E-state index is 12.7. The SMILES string of the molecule is CC(=O)N(CC(=O)Nc1nc(-c2ccccc2)cn1-c1ccc(C)cc1)C(C)C. The molecule has 150 valence electrons. The number of amides is 2. The van der Waals surface area contributed by atoms with Crippen LogP contribution in [0.3, 0.4) is 0 Å². The van der Waals surface area contributed by atoms with Crippen molar-refractivity contribution in [1.82, 2.24) is 14.5 Å². The molecule has 2 amide bonds. The zero-order valence-corrected chi connectivity index (χ0v) is 17.2. The summed E-state index contributed by atoms with van der Waals surface area (Å²) in [6.07, 6.45) is 1.90. The Labute approximate surface area is 171 Å². The fourth-order valence-electron chi connectivity index (χ4n) is 3.10. The molecule has 3 rings (SSSR count). The molecule has 0 aliphatic heterocycles. The van der Waals surface area contributed by atoms with Gasteiger partial charge in [0, 0.05) is 30.4 Å². The van der Waals surface area contributed by atoms with Gasteiger partial charge >= 0.3 is 0 Å². The molecular formula is C23H26N4O2. The third-order valence-electron chi connectivity index (χ3n) is 4.68. The van der Waals surface area contributed by atoms with Crippen LogP contribution in [0.4, 0.5) is 5.95 Å². The summed E-state index contributed by atoms with van der Waals surface area (Å²) in [7, 11) is 0. The quantitative estimate of drug-likeness (QED) is 0.691. The van der Waals surface area contributed by atoms with Crippen LogP contribution in [0.2, 0.25) is 0 Å². The summed E-state index contributed by atoms with van der Waals surface area (Å²) in [5, 5.41) is 2.87. The molecule has 1 N–H and O–H groups in total. The molecule has 29 heavy (non-hydrogen) atoms. The number of nitrogens with one attached hydrogen (secondary N) is 1. The summed E-state index contributed by atoms with van der Waals surface area (Å²) in [6.45, 7) is 7.24. The molecule has 0 bridgehead atoms. The Kier molecular flexibility index (Phi) is 6.12. The second kappa shape index (κ2) is 8.73. The molecule has 0 saturated carbocycles. The summed E-state index contributed by atoms with van der Waals surface area (Å²) < 4.78 is 1.85. The van der Waals surface area contributed by atoms with Gasteiger partial charge in [-0.2, -0.15) is 0 Å². The van der Waals surface area contributed by atoms with Crippen LogP contribution in [0.25, 0.3) is 16.9 Å². The molecule has 0 atom stereocenters. The number of anilines is 1. The summed E-state index contributed by atoms with van der Waals surface area (Å²) in [4.78, 5) is 30.6. The predicted octanol–water partition coefficient (Wildman–Crippen LogP) is 4.04. The highest BCUT2D eigenvalue weighted by Crippen LogP contribution is 2.24. The Morgan fingerprint density at radius 1 is 1.07 bits per heavy atom. The first-order valence-corrected chi connectivity index (χ1v) is 9.64. The highest BCUT2D eigenvalue weighted by Gasteiger charge is 2.19. The summed E-state index contributed by atoms with van der Waals surface area (Å²) >= 11 is 0. The lowest BCUT2D eigenvalue weighted by Crippen LogP contribution is -2.41. The number of carbonyl (C=O) groups excluding carboxylic acids is 2. The summed E-state index contributed by atoms with van der Waals surface area (Å²) in [6, 6.07) is 17.7. The van der Waals surface area contributed by atoms with Gasteiger partial charge in [0.05, 0.1) is 5.69 Å². The van der Waals surface area contributed by atoms with Crippen molar-refractivity contribution >= 4 is 17.8 Å². The van der Waals surface area contributed by atoms with E-state index in [-0.39, 0.29) is 24.4 Å². The molecular weight excluding hydrogens is 364 g/mol. The van der Waals surface area contributed by atoms with Gasteiger partial charge in [-0.1, -0.05) is 48.0 Å². The van der Waals surface area contributed by atoms with E-state index in [0.29, 0.717) is 5.95 Å². The molecule has 3 aromatic rings. The summed E-state index contributed by atoms with van der Waals surface area (Å²) in [5.74, 6) is -0.000520. The van der Waals surface area contributed by atoms with E-state index in [1.54, 1.807) is 0 Å². The lowest BCUT2D eigenvalue weighted by atomic mass is 10.2. The van der Waals surface area contributed by atoms with Crippen LogP contribution < -0.4 is 5.32 Å². The van der Waals surface area contributed by atoms with Crippen LogP contribution in [0.15, 0.2) is 60.8 Å². The van der Waals surface area contributed by atoms with Crippen molar-refractivity contribution in [3.63, 3.8) is 0 Å². The van der Waals surface area contributed by atoms with Gasteiger partial charge in [0.25, 0.3) is 0 Å². The van der Waals surface area contributed by atoms with Crippen LogP contribution in [0.5, 0.6) is 0 Å². The average molecular weight is 390 g/mol. The smallest absolute Gasteiger partial charge is 0.246 e. The van der Waals surface area contributed by atoms with E-state index in [4.69, 9.17) is 0 Å². The fourth-order valence-corrected chi connectivity index (χ4v) is 3.10. The molecule has 0 fully saturated rings. The molecule has 1 aromatic heterocycles. The predicted molar refractivity (Wildman–Crippen MR) is 115 cm³/mol. The fraction of sp³-hybridized carbons (Fsp3) is 0.261. The number of carbonyl (C=O) groups is 2. The Morgan fingerprint density at radius 2 is 1.72 bits per heavy atom. The van der Waals surface area contributed by atoms with Crippen LogP contribution >= 0.6 is 0 Å². The van der Waals surface area contributed by atoms with Gasteiger partial charge in [-0.3, -0.25) is 19.5 Å². The number of benzene rings is 2. The van der Waals surface area contributed by atoms with Gasteiger partial charge in [-0.25, -0.2) is 4.98 Å². The topological polar surface area (TPSA) is 67.2 Å². The zero-order valence-electron chi connectivity index (χ0n) is 17.2. The average Bonchev–Trinajstić information content (AvgIpc) is 3.10. The van der Waals surface area contributed by atoms with Crippen molar-refractivity contribution in [3.05, 3.63) is 66.4 Å². The van der Waals surface area contributed by atoms with Crippen molar-refractivity contribution in [2.24, 2.45) is 0 Å². The van der Waals surface area contributed by atoms with E-state index < -0.39 is 0 Å². The Balaban J connectivity index is 1.93. The number of imidazole rings is 1. The van der Waals surface area contributed by atoms with Crippen molar-refractivity contribution in [2.45, 2.75) is 33.7 Å². The number of aryl methyl sites for hydroxylation is 1. The van der Waals surface area contributed by atoms with Crippen LogP contribution in [0, 0.1) is 6.92 Å². The Morgan fingerprint density at radius 3 is 2.31 bits per heavy atom. The standard InChI is InChI=1S/C23H26N4O2/c1-16(2)26(18(4)28)15-22(29)25-23-24-21(19-8-6-5-7-9-19)14-27(23)20-12-10-17(3)11-13-20/h5-14,16H,15H2,1-4H3,(H,24,25,29).